The molecule has 1 heterocycles. The van der Waals surface area contributed by atoms with Crippen LogP contribution in [0.3, 0.4) is 0 Å². The molecule has 0 saturated carbocycles. The number of nitrogens with zero attached hydrogens (tertiary/aromatic N) is 2. The van der Waals surface area contributed by atoms with E-state index < -0.39 is 7.37 Å². The van der Waals surface area contributed by atoms with Crippen LogP contribution in [0.2, 0.25) is 0 Å². The Morgan fingerprint density at radius 1 is 0.815 bits per heavy atom. The Labute approximate surface area is 166 Å². The molecule has 1 atom stereocenters. The van der Waals surface area contributed by atoms with Gasteiger partial charge in [0.1, 0.15) is 0 Å². The van der Waals surface area contributed by atoms with Gasteiger partial charge in [-0.1, -0.05) is 76.6 Å². The lowest BCUT2D eigenvalue weighted by Crippen LogP contribution is -2.22. The largest absolute Gasteiger partial charge is 0.337 e. The molecule has 0 spiro atoms. The summed E-state index contributed by atoms with van der Waals surface area (Å²) < 4.78 is 14.0. The third-order valence-electron chi connectivity index (χ3n) is 4.20. The number of hydrogen-bond acceptors (Lipinski definition) is 3. The van der Waals surface area contributed by atoms with Crippen LogP contribution in [0, 0.1) is 0 Å². The van der Waals surface area contributed by atoms with E-state index in [9.17, 15) is 9.46 Å². The standard InChI is InChI=1S/C21H16BrN2O2P/c22-18-13-11-17(12-14-18)21-23-24(19-9-5-2-6-10-19)20(15-27(21,25)26)16-7-3-1-4-8-16/h1-15H,(H,25,26). The van der Waals surface area contributed by atoms with Crippen LogP contribution in [0.5, 0.6) is 0 Å². The van der Waals surface area contributed by atoms with Crippen molar-refractivity contribution in [2.75, 3.05) is 5.01 Å². The summed E-state index contributed by atoms with van der Waals surface area (Å²) in [6.07, 6.45) is 0. The molecule has 1 unspecified atom stereocenters. The minimum atomic E-state index is -3.78. The Bertz CT molecular complexity index is 1060. The van der Waals surface area contributed by atoms with Crippen molar-refractivity contribution >= 4 is 40.1 Å². The predicted molar refractivity (Wildman–Crippen MR) is 114 cm³/mol. The van der Waals surface area contributed by atoms with Gasteiger partial charge in [0.25, 0.3) is 7.37 Å². The first kappa shape index (κ1) is 17.9. The molecular weight excluding hydrogens is 423 g/mol. The average molecular weight is 439 g/mol. The minimum Gasteiger partial charge on any atom is -0.337 e. The van der Waals surface area contributed by atoms with E-state index in [4.69, 9.17) is 0 Å². The summed E-state index contributed by atoms with van der Waals surface area (Å²) in [5, 5.41) is 6.34. The molecule has 134 valence electrons. The normalized spacial score (nSPS) is 19.4. The summed E-state index contributed by atoms with van der Waals surface area (Å²) in [7, 11) is -3.78. The predicted octanol–water partition coefficient (Wildman–Crippen LogP) is 5.90. The Hall–Kier alpha value is -2.46. The molecule has 0 aliphatic carbocycles. The smallest absolute Gasteiger partial charge is 0.274 e. The van der Waals surface area contributed by atoms with E-state index in [0.717, 1.165) is 15.7 Å². The molecule has 4 nitrogen and oxygen atoms in total. The van der Waals surface area contributed by atoms with Gasteiger partial charge in [-0.25, -0.2) is 5.01 Å². The number of rotatable bonds is 3. The molecular formula is C21H16BrN2O2P. The van der Waals surface area contributed by atoms with Crippen molar-refractivity contribution in [3.8, 4) is 0 Å². The van der Waals surface area contributed by atoms with Gasteiger partial charge in [-0.15, -0.1) is 0 Å². The zero-order valence-electron chi connectivity index (χ0n) is 14.2. The van der Waals surface area contributed by atoms with Crippen LogP contribution in [0.25, 0.3) is 5.70 Å². The molecule has 0 fully saturated rings. The third-order valence-corrected chi connectivity index (χ3v) is 6.27. The fourth-order valence-electron chi connectivity index (χ4n) is 2.91. The maximum absolute atomic E-state index is 13.1. The fraction of sp³-hybridized carbons (Fsp3) is 0. The van der Waals surface area contributed by atoms with Crippen LogP contribution in [-0.4, -0.2) is 10.3 Å². The van der Waals surface area contributed by atoms with Gasteiger partial charge >= 0.3 is 0 Å². The van der Waals surface area contributed by atoms with E-state index in [0.29, 0.717) is 11.3 Å². The van der Waals surface area contributed by atoms with Gasteiger partial charge in [-0.2, -0.15) is 5.10 Å². The molecule has 27 heavy (non-hydrogen) atoms. The first-order valence-corrected chi connectivity index (χ1v) is 10.9. The molecule has 1 N–H and O–H groups in total. The zero-order chi connectivity index (χ0) is 18.9. The molecule has 0 saturated heterocycles. The van der Waals surface area contributed by atoms with Gasteiger partial charge in [-0.3, -0.25) is 4.57 Å². The summed E-state index contributed by atoms with van der Waals surface area (Å²) in [6.45, 7) is 0. The number of hydrogen-bond donors (Lipinski definition) is 1. The third kappa shape index (κ3) is 3.67. The summed E-state index contributed by atoms with van der Waals surface area (Å²) >= 11 is 3.39. The van der Waals surface area contributed by atoms with Crippen molar-refractivity contribution in [2.24, 2.45) is 5.10 Å². The fourth-order valence-corrected chi connectivity index (χ4v) is 4.62. The van der Waals surface area contributed by atoms with Crippen LogP contribution in [0.4, 0.5) is 5.69 Å². The monoisotopic (exact) mass is 438 g/mol. The molecule has 3 aromatic carbocycles. The van der Waals surface area contributed by atoms with Crippen molar-refractivity contribution in [3.63, 3.8) is 0 Å². The first-order chi connectivity index (χ1) is 13.0. The molecule has 0 bridgehead atoms. The number of anilines is 1. The lowest BCUT2D eigenvalue weighted by Gasteiger charge is -2.29. The maximum atomic E-state index is 13.1. The molecule has 6 heteroatoms. The Morgan fingerprint density at radius 2 is 1.41 bits per heavy atom. The SMILES string of the molecule is O=P1(O)C=C(c2ccccc2)N(c2ccccc2)N=C1c1ccc(Br)cc1. The number of para-hydroxylation sites is 1. The van der Waals surface area contributed by atoms with Crippen molar-refractivity contribution in [3.05, 3.63) is 106 Å². The highest BCUT2D eigenvalue weighted by molar-refractivity contribution is 9.10. The average Bonchev–Trinajstić information content (AvgIpc) is 2.69. The molecule has 1 aliphatic heterocycles. The van der Waals surface area contributed by atoms with Gasteiger partial charge in [0.2, 0.25) is 0 Å². The van der Waals surface area contributed by atoms with Crippen LogP contribution in [-0.2, 0) is 4.57 Å². The van der Waals surface area contributed by atoms with Crippen LogP contribution in [0.15, 0.2) is 100 Å². The van der Waals surface area contributed by atoms with Crippen LogP contribution < -0.4 is 5.01 Å². The lowest BCUT2D eigenvalue weighted by atomic mass is 10.1. The van der Waals surface area contributed by atoms with E-state index in [1.165, 1.54) is 5.82 Å². The van der Waals surface area contributed by atoms with Crippen molar-refractivity contribution < 1.29 is 9.46 Å². The summed E-state index contributed by atoms with van der Waals surface area (Å²) in [5.41, 5.74) is 3.02. The first-order valence-electron chi connectivity index (χ1n) is 8.36. The number of benzene rings is 3. The van der Waals surface area contributed by atoms with Gasteiger partial charge in [0.05, 0.1) is 11.4 Å². The molecule has 0 radical (unpaired) electrons. The second-order valence-electron chi connectivity index (χ2n) is 6.08. The summed E-state index contributed by atoms with van der Waals surface area (Å²) in [5.74, 6) is 1.43. The highest BCUT2D eigenvalue weighted by atomic mass is 79.9. The van der Waals surface area contributed by atoms with E-state index in [1.54, 1.807) is 17.1 Å². The highest BCUT2D eigenvalue weighted by Gasteiger charge is 2.33. The summed E-state index contributed by atoms with van der Waals surface area (Å²) in [6, 6.07) is 26.4. The van der Waals surface area contributed by atoms with Crippen molar-refractivity contribution in [1.29, 1.82) is 0 Å². The van der Waals surface area contributed by atoms with E-state index in [-0.39, 0.29) is 5.45 Å². The topological polar surface area (TPSA) is 52.9 Å². The van der Waals surface area contributed by atoms with Gasteiger partial charge in [0.15, 0.2) is 5.45 Å². The van der Waals surface area contributed by atoms with E-state index >= 15 is 0 Å². The second kappa shape index (κ2) is 7.28. The maximum Gasteiger partial charge on any atom is 0.274 e. The van der Waals surface area contributed by atoms with Crippen molar-refractivity contribution in [1.82, 2.24) is 0 Å². The Balaban J connectivity index is 1.89. The Kier molecular flexibility index (Phi) is 4.83. The second-order valence-corrected chi connectivity index (χ2v) is 8.92. The molecule has 1 aliphatic rings. The number of halogens is 1. The quantitative estimate of drug-likeness (QED) is 0.517. The van der Waals surface area contributed by atoms with E-state index in [1.807, 2.05) is 72.8 Å². The Morgan fingerprint density at radius 3 is 2.04 bits per heavy atom. The minimum absolute atomic E-state index is 0.165. The molecule has 0 amide bonds. The lowest BCUT2D eigenvalue weighted by molar-refractivity contribution is 0.502. The molecule has 3 aromatic rings. The van der Waals surface area contributed by atoms with Gasteiger partial charge < -0.3 is 4.89 Å². The highest BCUT2D eigenvalue weighted by Crippen LogP contribution is 2.53. The van der Waals surface area contributed by atoms with E-state index in [2.05, 4.69) is 21.0 Å². The van der Waals surface area contributed by atoms with Gasteiger partial charge in [0, 0.05) is 21.4 Å². The number of hydrazone groups is 1. The van der Waals surface area contributed by atoms with Gasteiger partial charge in [-0.05, 0) is 24.3 Å². The van der Waals surface area contributed by atoms with Crippen molar-refractivity contribution in [2.45, 2.75) is 0 Å². The molecule has 4 rings (SSSR count). The zero-order valence-corrected chi connectivity index (χ0v) is 16.7. The molecule has 0 aromatic heterocycles. The summed E-state index contributed by atoms with van der Waals surface area (Å²) in [4.78, 5) is 10.8. The van der Waals surface area contributed by atoms with Crippen LogP contribution >= 0.6 is 23.3 Å². The van der Waals surface area contributed by atoms with Crippen LogP contribution in [0.1, 0.15) is 11.1 Å².